The van der Waals surface area contributed by atoms with Gasteiger partial charge in [0.05, 0.1) is 18.2 Å². The molecule has 0 saturated heterocycles. The Morgan fingerprint density at radius 2 is 2.38 bits per heavy atom. The molecule has 0 aromatic carbocycles. The van der Waals surface area contributed by atoms with Gasteiger partial charge in [0, 0.05) is 6.08 Å². The first kappa shape index (κ1) is 11.1. The van der Waals surface area contributed by atoms with Crippen LogP contribution in [0, 0.1) is 3.70 Å². The number of rotatable bonds is 2. The molecule has 1 N–H and O–H groups in total. The van der Waals surface area contributed by atoms with Crippen LogP contribution < -0.4 is 0 Å². The van der Waals surface area contributed by atoms with Gasteiger partial charge in [-0.3, -0.25) is 5.10 Å². The number of carbonyl (C=O) groups is 1. The number of methoxy groups -OCH3 is 1. The average molecular weight is 329 g/mol. The van der Waals surface area contributed by atoms with Gasteiger partial charge in [-0.15, -0.1) is 0 Å². The molecule has 6 heteroatoms. The molecule has 82 valence electrons. The van der Waals surface area contributed by atoms with Gasteiger partial charge in [0.15, 0.2) is 5.65 Å². The third-order valence-corrected chi connectivity index (χ3v) is 2.81. The molecule has 0 saturated carbocycles. The van der Waals surface area contributed by atoms with E-state index in [2.05, 4.69) is 42.5 Å². The lowest BCUT2D eigenvalue weighted by Crippen LogP contribution is -1.93. The number of aromatic nitrogens is 3. The zero-order valence-corrected chi connectivity index (χ0v) is 10.6. The second kappa shape index (κ2) is 4.60. The molecule has 0 aliphatic heterocycles. The van der Waals surface area contributed by atoms with Gasteiger partial charge in [-0.05, 0) is 40.8 Å². The van der Waals surface area contributed by atoms with Crippen LogP contribution in [0.4, 0.5) is 0 Å². The number of carbonyl (C=O) groups excluding carboxylic acids is 1. The van der Waals surface area contributed by atoms with Crippen molar-refractivity contribution in [3.8, 4) is 0 Å². The highest BCUT2D eigenvalue weighted by atomic mass is 127. The van der Waals surface area contributed by atoms with E-state index in [0.717, 1.165) is 9.09 Å². The highest BCUT2D eigenvalue weighted by molar-refractivity contribution is 14.1. The van der Waals surface area contributed by atoms with Crippen molar-refractivity contribution in [3.63, 3.8) is 0 Å². The maximum absolute atomic E-state index is 10.9. The summed E-state index contributed by atoms with van der Waals surface area (Å²) >= 11 is 2.13. The molecule has 16 heavy (non-hydrogen) atoms. The number of pyridine rings is 1. The van der Waals surface area contributed by atoms with Crippen molar-refractivity contribution in [2.45, 2.75) is 0 Å². The summed E-state index contributed by atoms with van der Waals surface area (Å²) in [5.41, 5.74) is 1.38. The Morgan fingerprint density at radius 1 is 1.56 bits per heavy atom. The third-order valence-electron chi connectivity index (χ3n) is 1.99. The zero-order valence-electron chi connectivity index (χ0n) is 8.40. The standard InChI is InChI=1S/C10H8IN3O2/c1-16-8(15)5-3-6-2-4-7-9(11)13-14-10(7)12-6/h2-5H,1H3,(H,12,13,14)/b5-3+. The summed E-state index contributed by atoms with van der Waals surface area (Å²) in [6, 6.07) is 3.73. The summed E-state index contributed by atoms with van der Waals surface area (Å²) in [6.45, 7) is 0. The number of halogens is 1. The molecule has 5 nitrogen and oxygen atoms in total. The quantitative estimate of drug-likeness (QED) is 0.518. The number of nitrogens with one attached hydrogen (secondary N) is 1. The number of ether oxygens (including phenoxy) is 1. The van der Waals surface area contributed by atoms with Crippen LogP contribution in [0.15, 0.2) is 18.2 Å². The lowest BCUT2D eigenvalue weighted by molar-refractivity contribution is -0.134. The number of nitrogens with zero attached hydrogens (tertiary/aromatic N) is 2. The fourth-order valence-electron chi connectivity index (χ4n) is 1.20. The maximum Gasteiger partial charge on any atom is 0.330 e. The Morgan fingerprint density at radius 3 is 3.12 bits per heavy atom. The lowest BCUT2D eigenvalue weighted by Gasteiger charge is -1.93. The van der Waals surface area contributed by atoms with Crippen molar-refractivity contribution in [2.75, 3.05) is 7.11 Å². The minimum absolute atomic E-state index is 0.402. The molecular formula is C10H8IN3O2. The fourth-order valence-corrected chi connectivity index (χ4v) is 1.76. The number of aromatic amines is 1. The van der Waals surface area contributed by atoms with Gasteiger partial charge in [0.2, 0.25) is 0 Å². The van der Waals surface area contributed by atoms with Crippen LogP contribution in [-0.2, 0) is 9.53 Å². The van der Waals surface area contributed by atoms with Crippen molar-refractivity contribution < 1.29 is 9.53 Å². The van der Waals surface area contributed by atoms with E-state index in [9.17, 15) is 4.79 Å². The van der Waals surface area contributed by atoms with Crippen molar-refractivity contribution >= 4 is 45.7 Å². The molecule has 0 aliphatic carbocycles. The van der Waals surface area contributed by atoms with Gasteiger partial charge in [0.25, 0.3) is 0 Å². The minimum Gasteiger partial charge on any atom is -0.466 e. The number of H-pyrrole nitrogens is 1. The van der Waals surface area contributed by atoms with Gasteiger partial charge in [-0.1, -0.05) is 0 Å². The monoisotopic (exact) mass is 329 g/mol. The molecular weight excluding hydrogens is 321 g/mol. The van der Waals surface area contributed by atoms with Gasteiger partial charge in [-0.2, -0.15) is 5.10 Å². The largest absolute Gasteiger partial charge is 0.466 e. The lowest BCUT2D eigenvalue weighted by atomic mass is 10.3. The zero-order chi connectivity index (χ0) is 11.5. The van der Waals surface area contributed by atoms with Crippen LogP contribution in [0.2, 0.25) is 0 Å². The first-order chi connectivity index (χ1) is 7.70. The fraction of sp³-hybridized carbons (Fsp3) is 0.100. The summed E-state index contributed by atoms with van der Waals surface area (Å²) in [6.07, 6.45) is 2.93. The average Bonchev–Trinajstić information content (AvgIpc) is 2.67. The Hall–Kier alpha value is -1.44. The molecule has 0 atom stereocenters. The Kier molecular flexibility index (Phi) is 3.18. The van der Waals surface area contributed by atoms with Crippen LogP contribution >= 0.6 is 22.6 Å². The Labute approximate surface area is 105 Å². The first-order valence-corrected chi connectivity index (χ1v) is 5.55. The van der Waals surface area contributed by atoms with Crippen LogP contribution in [0.1, 0.15) is 5.69 Å². The summed E-state index contributed by atoms with van der Waals surface area (Å²) in [4.78, 5) is 15.2. The van der Waals surface area contributed by atoms with E-state index >= 15 is 0 Å². The van der Waals surface area contributed by atoms with E-state index < -0.39 is 5.97 Å². The molecule has 2 rings (SSSR count). The SMILES string of the molecule is COC(=O)/C=C/c1ccc2c(I)n[nH]c2n1. The normalized spacial score (nSPS) is 11.1. The topological polar surface area (TPSA) is 67.9 Å². The number of fused-ring (bicyclic) bond motifs is 1. The Balaban J connectivity index is 2.33. The van der Waals surface area contributed by atoms with E-state index in [1.807, 2.05) is 12.1 Å². The Bertz CT molecular complexity index is 562. The molecule has 2 heterocycles. The smallest absolute Gasteiger partial charge is 0.330 e. The summed E-state index contributed by atoms with van der Waals surface area (Å²) in [5, 5.41) is 7.81. The van der Waals surface area contributed by atoms with Crippen molar-refractivity contribution in [1.82, 2.24) is 15.2 Å². The molecule has 0 aliphatic rings. The van der Waals surface area contributed by atoms with Crippen LogP contribution in [-0.4, -0.2) is 28.3 Å². The van der Waals surface area contributed by atoms with Crippen LogP contribution in [0.3, 0.4) is 0 Å². The van der Waals surface area contributed by atoms with E-state index in [1.165, 1.54) is 13.2 Å². The molecule has 0 spiro atoms. The van der Waals surface area contributed by atoms with E-state index in [-0.39, 0.29) is 0 Å². The molecule has 2 aromatic rings. The maximum atomic E-state index is 10.9. The first-order valence-electron chi connectivity index (χ1n) is 4.47. The van der Waals surface area contributed by atoms with E-state index in [1.54, 1.807) is 6.08 Å². The van der Waals surface area contributed by atoms with Gasteiger partial charge in [0.1, 0.15) is 3.70 Å². The number of hydrogen-bond donors (Lipinski definition) is 1. The van der Waals surface area contributed by atoms with Gasteiger partial charge >= 0.3 is 5.97 Å². The molecule has 2 aromatic heterocycles. The summed E-state index contributed by atoms with van der Waals surface area (Å²) < 4.78 is 5.37. The van der Waals surface area contributed by atoms with Gasteiger partial charge in [-0.25, -0.2) is 9.78 Å². The van der Waals surface area contributed by atoms with Crippen molar-refractivity contribution in [3.05, 3.63) is 27.6 Å². The molecule has 0 radical (unpaired) electrons. The predicted octanol–water partition coefficient (Wildman–Crippen LogP) is 1.75. The highest BCUT2D eigenvalue weighted by Gasteiger charge is 2.03. The summed E-state index contributed by atoms with van der Waals surface area (Å²) in [5.74, 6) is -0.402. The van der Waals surface area contributed by atoms with Crippen molar-refractivity contribution in [1.29, 1.82) is 0 Å². The molecule has 0 unspecified atom stereocenters. The second-order valence-corrected chi connectivity index (χ2v) is 4.02. The molecule has 0 bridgehead atoms. The minimum atomic E-state index is -0.402. The molecule has 0 fully saturated rings. The highest BCUT2D eigenvalue weighted by Crippen LogP contribution is 2.16. The number of esters is 1. The summed E-state index contributed by atoms with van der Waals surface area (Å²) in [7, 11) is 1.33. The van der Waals surface area contributed by atoms with Gasteiger partial charge < -0.3 is 4.74 Å². The number of hydrogen-bond acceptors (Lipinski definition) is 4. The second-order valence-electron chi connectivity index (χ2n) is 3.00. The van der Waals surface area contributed by atoms with E-state index in [4.69, 9.17) is 0 Å². The van der Waals surface area contributed by atoms with Crippen LogP contribution in [0.25, 0.3) is 17.1 Å². The van der Waals surface area contributed by atoms with Crippen molar-refractivity contribution in [2.24, 2.45) is 0 Å². The third kappa shape index (κ3) is 2.21. The molecule has 0 amide bonds. The predicted molar refractivity (Wildman–Crippen MR) is 67.7 cm³/mol. The van der Waals surface area contributed by atoms with Crippen LogP contribution in [0.5, 0.6) is 0 Å². The van der Waals surface area contributed by atoms with E-state index in [0.29, 0.717) is 11.3 Å².